The quantitative estimate of drug-likeness (QED) is 0.879. The third-order valence-electron chi connectivity index (χ3n) is 3.57. The predicted octanol–water partition coefficient (Wildman–Crippen LogP) is 2.99. The first-order valence-corrected chi connectivity index (χ1v) is 6.76. The highest BCUT2D eigenvalue weighted by Crippen LogP contribution is 2.26. The molecular weight excluding hydrogens is 250 g/mol. The summed E-state index contributed by atoms with van der Waals surface area (Å²) in [6, 6.07) is 13.5. The molecule has 106 valence electrons. The van der Waals surface area contributed by atoms with Crippen LogP contribution in [0.15, 0.2) is 42.5 Å². The van der Waals surface area contributed by atoms with E-state index in [2.05, 4.69) is 12.1 Å². The molecule has 0 aliphatic rings. The number of aryl methyl sites for hydroxylation is 1. The van der Waals surface area contributed by atoms with Crippen molar-refractivity contribution < 1.29 is 9.84 Å². The Kier molecular flexibility index (Phi) is 4.64. The van der Waals surface area contributed by atoms with Crippen LogP contribution in [0.3, 0.4) is 0 Å². The van der Waals surface area contributed by atoms with Crippen LogP contribution in [-0.2, 0) is 6.42 Å². The van der Waals surface area contributed by atoms with Crippen LogP contribution in [0.5, 0.6) is 11.5 Å². The molecule has 0 spiro atoms. The zero-order chi connectivity index (χ0) is 14.5. The van der Waals surface area contributed by atoms with Crippen molar-refractivity contribution >= 4 is 0 Å². The molecule has 1 atom stereocenters. The Hall–Kier alpha value is -2.00. The Labute approximate surface area is 120 Å². The molecule has 0 aromatic heterocycles. The summed E-state index contributed by atoms with van der Waals surface area (Å²) in [6.07, 6.45) is 0.816. The first-order chi connectivity index (χ1) is 9.63. The van der Waals surface area contributed by atoms with Crippen molar-refractivity contribution in [3.8, 4) is 11.5 Å². The minimum Gasteiger partial charge on any atom is -0.508 e. The smallest absolute Gasteiger partial charge is 0.121 e. The summed E-state index contributed by atoms with van der Waals surface area (Å²) in [7, 11) is 1.68. The van der Waals surface area contributed by atoms with Crippen LogP contribution in [0.25, 0.3) is 0 Å². The predicted molar refractivity (Wildman–Crippen MR) is 81.3 cm³/mol. The molecule has 1 unspecified atom stereocenters. The van der Waals surface area contributed by atoms with Gasteiger partial charge in [-0.05, 0) is 54.8 Å². The van der Waals surface area contributed by atoms with Gasteiger partial charge in [-0.3, -0.25) is 0 Å². The molecular formula is C17H21NO2. The molecule has 2 rings (SSSR count). The molecule has 2 aromatic carbocycles. The van der Waals surface area contributed by atoms with E-state index in [0.29, 0.717) is 12.3 Å². The highest BCUT2D eigenvalue weighted by molar-refractivity contribution is 5.38. The third-order valence-corrected chi connectivity index (χ3v) is 3.57. The molecule has 0 aliphatic carbocycles. The van der Waals surface area contributed by atoms with Crippen LogP contribution in [-0.4, -0.2) is 18.8 Å². The maximum Gasteiger partial charge on any atom is 0.121 e. The molecule has 0 heterocycles. The number of phenolic OH excluding ortho intramolecular Hbond substituents is 1. The molecule has 20 heavy (non-hydrogen) atoms. The van der Waals surface area contributed by atoms with Crippen molar-refractivity contribution in [2.75, 3.05) is 13.7 Å². The molecule has 3 nitrogen and oxygen atoms in total. The van der Waals surface area contributed by atoms with Gasteiger partial charge in [-0.1, -0.05) is 24.3 Å². The van der Waals surface area contributed by atoms with E-state index in [1.165, 1.54) is 5.56 Å². The van der Waals surface area contributed by atoms with E-state index >= 15 is 0 Å². The molecule has 0 radical (unpaired) electrons. The fourth-order valence-corrected chi connectivity index (χ4v) is 2.46. The number of methoxy groups -OCH3 is 1. The number of ether oxygens (including phenoxy) is 1. The van der Waals surface area contributed by atoms with E-state index in [9.17, 15) is 5.11 Å². The molecule has 0 fully saturated rings. The minimum absolute atomic E-state index is 0.237. The average molecular weight is 271 g/mol. The Balaban J connectivity index is 2.22. The summed E-state index contributed by atoms with van der Waals surface area (Å²) in [5.74, 6) is 1.42. The van der Waals surface area contributed by atoms with Crippen LogP contribution in [0, 0.1) is 6.92 Å². The second kappa shape index (κ2) is 6.44. The SMILES string of the molecule is COc1ccc(C(CN)Cc2cccc(O)c2)cc1C. The summed E-state index contributed by atoms with van der Waals surface area (Å²) in [4.78, 5) is 0. The van der Waals surface area contributed by atoms with Crippen LogP contribution in [0.4, 0.5) is 0 Å². The summed E-state index contributed by atoms with van der Waals surface area (Å²) in [5, 5.41) is 9.53. The number of hydrogen-bond acceptors (Lipinski definition) is 3. The number of rotatable bonds is 5. The number of aromatic hydroxyl groups is 1. The van der Waals surface area contributed by atoms with Gasteiger partial charge in [-0.25, -0.2) is 0 Å². The molecule has 0 saturated carbocycles. The van der Waals surface area contributed by atoms with E-state index in [-0.39, 0.29) is 5.92 Å². The molecule has 2 aromatic rings. The summed E-state index contributed by atoms with van der Waals surface area (Å²) in [6.45, 7) is 2.60. The molecule has 0 bridgehead atoms. The van der Waals surface area contributed by atoms with Gasteiger partial charge in [0.15, 0.2) is 0 Å². The highest BCUT2D eigenvalue weighted by Gasteiger charge is 2.12. The third kappa shape index (κ3) is 3.31. The van der Waals surface area contributed by atoms with E-state index < -0.39 is 0 Å². The van der Waals surface area contributed by atoms with Crippen LogP contribution >= 0.6 is 0 Å². The first-order valence-electron chi connectivity index (χ1n) is 6.76. The first kappa shape index (κ1) is 14.4. The standard InChI is InChI=1S/C17H21NO2/c1-12-8-14(6-7-17(12)20-2)15(11-18)9-13-4-3-5-16(19)10-13/h3-8,10,15,19H,9,11,18H2,1-2H3. The Morgan fingerprint density at radius 1 is 1.20 bits per heavy atom. The maximum atomic E-state index is 9.53. The van der Waals surface area contributed by atoms with E-state index in [1.807, 2.05) is 25.1 Å². The summed E-state index contributed by atoms with van der Waals surface area (Å²) >= 11 is 0. The van der Waals surface area contributed by atoms with Crippen LogP contribution in [0.2, 0.25) is 0 Å². The molecule has 3 heteroatoms. The summed E-state index contributed by atoms with van der Waals surface area (Å²) in [5.41, 5.74) is 9.32. The van der Waals surface area contributed by atoms with E-state index in [0.717, 1.165) is 23.3 Å². The second-order valence-corrected chi connectivity index (χ2v) is 5.04. The highest BCUT2D eigenvalue weighted by atomic mass is 16.5. The van der Waals surface area contributed by atoms with Crippen molar-refractivity contribution in [3.05, 3.63) is 59.2 Å². The zero-order valence-electron chi connectivity index (χ0n) is 12.0. The monoisotopic (exact) mass is 271 g/mol. The topological polar surface area (TPSA) is 55.5 Å². The van der Waals surface area contributed by atoms with Gasteiger partial charge < -0.3 is 15.6 Å². The van der Waals surface area contributed by atoms with Gasteiger partial charge in [-0.15, -0.1) is 0 Å². The van der Waals surface area contributed by atoms with Crippen molar-refractivity contribution in [1.82, 2.24) is 0 Å². The van der Waals surface area contributed by atoms with Gasteiger partial charge in [-0.2, -0.15) is 0 Å². The second-order valence-electron chi connectivity index (χ2n) is 5.04. The summed E-state index contributed by atoms with van der Waals surface area (Å²) < 4.78 is 5.28. The van der Waals surface area contributed by atoms with Gasteiger partial charge in [0.25, 0.3) is 0 Å². The van der Waals surface area contributed by atoms with Crippen molar-refractivity contribution in [3.63, 3.8) is 0 Å². The van der Waals surface area contributed by atoms with Crippen LogP contribution in [0.1, 0.15) is 22.6 Å². The Morgan fingerprint density at radius 2 is 2.00 bits per heavy atom. The zero-order valence-corrected chi connectivity index (χ0v) is 12.0. The van der Waals surface area contributed by atoms with Crippen LogP contribution < -0.4 is 10.5 Å². The van der Waals surface area contributed by atoms with Crippen molar-refractivity contribution in [2.24, 2.45) is 5.73 Å². The number of nitrogens with two attached hydrogens (primary N) is 1. The lowest BCUT2D eigenvalue weighted by molar-refractivity contribution is 0.411. The van der Waals surface area contributed by atoms with Crippen molar-refractivity contribution in [2.45, 2.75) is 19.3 Å². The Bertz CT molecular complexity index is 581. The number of benzene rings is 2. The molecule has 0 saturated heterocycles. The van der Waals surface area contributed by atoms with Gasteiger partial charge >= 0.3 is 0 Å². The van der Waals surface area contributed by atoms with Gasteiger partial charge in [0.2, 0.25) is 0 Å². The lowest BCUT2D eigenvalue weighted by Crippen LogP contribution is -2.15. The average Bonchev–Trinajstić information content (AvgIpc) is 2.44. The number of phenols is 1. The van der Waals surface area contributed by atoms with E-state index in [4.69, 9.17) is 10.5 Å². The fraction of sp³-hybridized carbons (Fsp3) is 0.294. The number of hydrogen-bond donors (Lipinski definition) is 2. The van der Waals surface area contributed by atoms with Gasteiger partial charge in [0.05, 0.1) is 7.11 Å². The Morgan fingerprint density at radius 3 is 2.60 bits per heavy atom. The normalized spacial score (nSPS) is 12.2. The molecule has 0 aliphatic heterocycles. The molecule has 3 N–H and O–H groups in total. The van der Waals surface area contributed by atoms with Gasteiger partial charge in [0, 0.05) is 5.92 Å². The lowest BCUT2D eigenvalue weighted by Gasteiger charge is -2.17. The fourth-order valence-electron chi connectivity index (χ4n) is 2.46. The minimum atomic E-state index is 0.237. The largest absolute Gasteiger partial charge is 0.508 e. The van der Waals surface area contributed by atoms with Gasteiger partial charge in [0.1, 0.15) is 11.5 Å². The van der Waals surface area contributed by atoms with E-state index in [1.54, 1.807) is 19.2 Å². The van der Waals surface area contributed by atoms with Crippen molar-refractivity contribution in [1.29, 1.82) is 0 Å². The lowest BCUT2D eigenvalue weighted by atomic mass is 9.91. The molecule has 0 amide bonds. The maximum absolute atomic E-state index is 9.53.